The number of likely N-dealkylation sites (tertiary alicyclic amines) is 1. The highest BCUT2D eigenvalue weighted by Gasteiger charge is 2.27. The molecule has 1 unspecified atom stereocenters. The van der Waals surface area contributed by atoms with Crippen LogP contribution in [0.15, 0.2) is 18.5 Å². The standard InChI is InChI=1S/C13H20N4O3/c1-10(9-17-6-2-5-14-17)15-13(20)16-7-3-11(4-8-16)12(18)19/h2,5-6,10-11H,3-4,7-9H2,1H3,(H,15,20)(H,18,19). The number of hydrogen-bond donors (Lipinski definition) is 2. The second-order valence-corrected chi connectivity index (χ2v) is 5.18. The van der Waals surface area contributed by atoms with E-state index in [9.17, 15) is 9.59 Å². The third-order valence-electron chi connectivity index (χ3n) is 3.52. The van der Waals surface area contributed by atoms with Gasteiger partial charge in [-0.25, -0.2) is 4.79 Å². The molecule has 1 aliphatic heterocycles. The van der Waals surface area contributed by atoms with Gasteiger partial charge in [-0.3, -0.25) is 9.48 Å². The third kappa shape index (κ3) is 3.72. The number of carboxylic acid groups (broad SMARTS) is 1. The highest BCUT2D eigenvalue weighted by molar-refractivity contribution is 5.75. The molecule has 0 saturated carbocycles. The number of piperidine rings is 1. The van der Waals surface area contributed by atoms with E-state index < -0.39 is 5.97 Å². The van der Waals surface area contributed by atoms with Crippen LogP contribution in [-0.4, -0.2) is 50.9 Å². The summed E-state index contributed by atoms with van der Waals surface area (Å²) in [4.78, 5) is 24.6. The lowest BCUT2D eigenvalue weighted by atomic mass is 9.97. The van der Waals surface area contributed by atoms with E-state index in [1.54, 1.807) is 15.8 Å². The molecule has 0 spiro atoms. The first-order valence-corrected chi connectivity index (χ1v) is 6.82. The summed E-state index contributed by atoms with van der Waals surface area (Å²) in [6.45, 7) is 3.53. The Morgan fingerprint density at radius 1 is 1.45 bits per heavy atom. The summed E-state index contributed by atoms with van der Waals surface area (Å²) in [5, 5.41) is 15.9. The molecule has 0 radical (unpaired) electrons. The molecule has 0 aliphatic carbocycles. The highest BCUT2D eigenvalue weighted by Crippen LogP contribution is 2.17. The summed E-state index contributed by atoms with van der Waals surface area (Å²) in [5.74, 6) is -1.09. The van der Waals surface area contributed by atoms with Crippen molar-refractivity contribution < 1.29 is 14.7 Å². The minimum atomic E-state index is -0.767. The van der Waals surface area contributed by atoms with Gasteiger partial charge in [0.1, 0.15) is 0 Å². The number of nitrogens with one attached hydrogen (secondary N) is 1. The highest BCUT2D eigenvalue weighted by atomic mass is 16.4. The molecule has 1 aromatic heterocycles. The number of carbonyl (C=O) groups excluding carboxylic acids is 1. The maximum absolute atomic E-state index is 12.1. The molecule has 1 aliphatic rings. The minimum absolute atomic E-state index is 0.0282. The van der Waals surface area contributed by atoms with Crippen LogP contribution in [-0.2, 0) is 11.3 Å². The van der Waals surface area contributed by atoms with Gasteiger partial charge in [0.25, 0.3) is 0 Å². The molecule has 2 N–H and O–H groups in total. The first-order chi connectivity index (χ1) is 9.56. The Balaban J connectivity index is 1.76. The second kappa shape index (κ2) is 6.40. The average molecular weight is 280 g/mol. The molecule has 1 fully saturated rings. The van der Waals surface area contributed by atoms with Crippen LogP contribution in [0.1, 0.15) is 19.8 Å². The normalized spacial score (nSPS) is 17.8. The van der Waals surface area contributed by atoms with Gasteiger partial charge in [0, 0.05) is 31.5 Å². The van der Waals surface area contributed by atoms with Gasteiger partial charge in [-0.2, -0.15) is 5.10 Å². The van der Waals surface area contributed by atoms with E-state index in [1.807, 2.05) is 19.2 Å². The van der Waals surface area contributed by atoms with Crippen molar-refractivity contribution in [1.82, 2.24) is 20.0 Å². The van der Waals surface area contributed by atoms with Gasteiger partial charge in [-0.1, -0.05) is 0 Å². The number of nitrogens with zero attached hydrogens (tertiary/aromatic N) is 3. The quantitative estimate of drug-likeness (QED) is 0.853. The van der Waals surface area contributed by atoms with Crippen molar-refractivity contribution in [3.05, 3.63) is 18.5 Å². The van der Waals surface area contributed by atoms with Crippen molar-refractivity contribution in [3.63, 3.8) is 0 Å². The molecule has 2 rings (SSSR count). The number of carboxylic acids is 1. The van der Waals surface area contributed by atoms with E-state index in [-0.39, 0.29) is 18.0 Å². The van der Waals surface area contributed by atoms with Crippen molar-refractivity contribution in [2.24, 2.45) is 5.92 Å². The van der Waals surface area contributed by atoms with E-state index in [4.69, 9.17) is 5.11 Å². The Kier molecular flexibility index (Phi) is 4.60. The fraction of sp³-hybridized carbons (Fsp3) is 0.615. The summed E-state index contributed by atoms with van der Waals surface area (Å²) in [5.41, 5.74) is 0. The molecule has 20 heavy (non-hydrogen) atoms. The Morgan fingerprint density at radius 3 is 2.70 bits per heavy atom. The SMILES string of the molecule is CC(Cn1cccn1)NC(=O)N1CCC(C(=O)O)CC1. The molecule has 1 aromatic rings. The zero-order chi connectivity index (χ0) is 14.5. The third-order valence-corrected chi connectivity index (χ3v) is 3.52. The van der Waals surface area contributed by atoms with E-state index in [2.05, 4.69) is 10.4 Å². The second-order valence-electron chi connectivity index (χ2n) is 5.18. The lowest BCUT2D eigenvalue weighted by molar-refractivity contribution is -0.143. The van der Waals surface area contributed by atoms with Crippen molar-refractivity contribution in [2.45, 2.75) is 32.4 Å². The van der Waals surface area contributed by atoms with Crippen LogP contribution in [0.4, 0.5) is 4.79 Å². The van der Waals surface area contributed by atoms with E-state index >= 15 is 0 Å². The van der Waals surface area contributed by atoms with E-state index in [0.29, 0.717) is 32.5 Å². The van der Waals surface area contributed by atoms with E-state index in [1.165, 1.54) is 0 Å². The number of aliphatic carboxylic acids is 1. The van der Waals surface area contributed by atoms with Gasteiger partial charge in [0.15, 0.2) is 0 Å². The fourth-order valence-electron chi connectivity index (χ4n) is 2.37. The maximum Gasteiger partial charge on any atom is 0.317 e. The molecule has 0 aromatic carbocycles. The van der Waals surface area contributed by atoms with Gasteiger partial charge in [-0.05, 0) is 25.8 Å². The number of carbonyl (C=O) groups is 2. The van der Waals surface area contributed by atoms with Crippen LogP contribution < -0.4 is 5.32 Å². The van der Waals surface area contributed by atoms with Gasteiger partial charge in [0.2, 0.25) is 0 Å². The fourth-order valence-corrected chi connectivity index (χ4v) is 2.37. The van der Waals surface area contributed by atoms with Crippen molar-refractivity contribution in [3.8, 4) is 0 Å². The maximum atomic E-state index is 12.1. The lowest BCUT2D eigenvalue weighted by Crippen LogP contribution is -2.48. The largest absolute Gasteiger partial charge is 0.481 e. The first-order valence-electron chi connectivity index (χ1n) is 6.82. The van der Waals surface area contributed by atoms with Gasteiger partial charge >= 0.3 is 12.0 Å². The van der Waals surface area contributed by atoms with Crippen molar-refractivity contribution >= 4 is 12.0 Å². The molecule has 7 nitrogen and oxygen atoms in total. The Labute approximate surface area is 117 Å². The monoisotopic (exact) mass is 280 g/mol. The Bertz CT molecular complexity index is 452. The molecule has 0 bridgehead atoms. The predicted octanol–water partition coefficient (Wildman–Crippen LogP) is 0.778. The molecule has 7 heteroatoms. The number of aromatic nitrogens is 2. The lowest BCUT2D eigenvalue weighted by Gasteiger charge is -2.31. The molecule has 2 heterocycles. The van der Waals surface area contributed by atoms with Crippen molar-refractivity contribution in [1.29, 1.82) is 0 Å². The zero-order valence-electron chi connectivity index (χ0n) is 11.5. The summed E-state index contributed by atoms with van der Waals surface area (Å²) < 4.78 is 1.77. The minimum Gasteiger partial charge on any atom is -0.481 e. The zero-order valence-corrected chi connectivity index (χ0v) is 11.5. The van der Waals surface area contributed by atoms with Gasteiger partial charge < -0.3 is 15.3 Å². The van der Waals surface area contributed by atoms with Crippen LogP contribution >= 0.6 is 0 Å². The average Bonchev–Trinajstić information content (AvgIpc) is 2.91. The molecule has 1 saturated heterocycles. The van der Waals surface area contributed by atoms with Crippen LogP contribution in [0.25, 0.3) is 0 Å². The summed E-state index contributed by atoms with van der Waals surface area (Å²) in [6.07, 6.45) is 4.60. The van der Waals surface area contributed by atoms with Crippen molar-refractivity contribution in [2.75, 3.05) is 13.1 Å². The predicted molar refractivity (Wildman–Crippen MR) is 72.2 cm³/mol. The van der Waals surface area contributed by atoms with Crippen LogP contribution in [0.2, 0.25) is 0 Å². The number of hydrogen-bond acceptors (Lipinski definition) is 3. The van der Waals surface area contributed by atoms with Gasteiger partial charge in [0.05, 0.1) is 12.5 Å². The Morgan fingerprint density at radius 2 is 2.15 bits per heavy atom. The first kappa shape index (κ1) is 14.4. The Hall–Kier alpha value is -2.05. The smallest absolute Gasteiger partial charge is 0.317 e. The summed E-state index contributed by atoms with van der Waals surface area (Å²) in [6, 6.07) is 1.68. The molecule has 1 atom stereocenters. The van der Waals surface area contributed by atoms with Crippen LogP contribution in [0, 0.1) is 5.92 Å². The topological polar surface area (TPSA) is 87.5 Å². The summed E-state index contributed by atoms with van der Waals surface area (Å²) in [7, 11) is 0. The van der Waals surface area contributed by atoms with Gasteiger partial charge in [-0.15, -0.1) is 0 Å². The summed E-state index contributed by atoms with van der Waals surface area (Å²) >= 11 is 0. The molecule has 2 amide bonds. The van der Waals surface area contributed by atoms with E-state index in [0.717, 1.165) is 0 Å². The molecule has 110 valence electrons. The van der Waals surface area contributed by atoms with Crippen LogP contribution in [0.3, 0.4) is 0 Å². The molecular formula is C13H20N4O3. The number of rotatable bonds is 4. The number of urea groups is 1. The molecular weight excluding hydrogens is 260 g/mol. The van der Waals surface area contributed by atoms with Crippen LogP contribution in [0.5, 0.6) is 0 Å². The number of amides is 2.